The number of para-hydroxylation sites is 1. The SMILES string of the molecule is CC(C)(C)OC(=O)C[C@H](NC(=O)C1CCN(C(=O)c2nc3ccccc3s2)CC1)C(=O)COc1c(F)c(F)cc(F)c1F. The lowest BCUT2D eigenvalue weighted by atomic mass is 9.95. The minimum Gasteiger partial charge on any atom is -0.479 e. The van der Waals surface area contributed by atoms with Gasteiger partial charge in [0.1, 0.15) is 18.2 Å². The number of amides is 2. The maximum atomic E-state index is 14.0. The number of fused-ring (bicyclic) bond motifs is 1. The number of piperidine rings is 1. The normalized spacial score (nSPS) is 14.8. The smallest absolute Gasteiger partial charge is 0.308 e. The van der Waals surface area contributed by atoms with Crippen LogP contribution in [0.3, 0.4) is 0 Å². The zero-order valence-corrected chi connectivity index (χ0v) is 24.4. The Morgan fingerprint density at radius 1 is 1.05 bits per heavy atom. The van der Waals surface area contributed by atoms with Crippen molar-refractivity contribution in [2.45, 2.75) is 51.7 Å². The number of nitrogens with one attached hydrogen (secondary N) is 1. The third-order valence-electron chi connectivity index (χ3n) is 6.56. The Balaban J connectivity index is 1.40. The van der Waals surface area contributed by atoms with Crippen molar-refractivity contribution in [3.05, 3.63) is 58.6 Å². The van der Waals surface area contributed by atoms with Gasteiger partial charge in [-0.3, -0.25) is 19.2 Å². The molecule has 3 aromatic rings. The topological polar surface area (TPSA) is 115 Å². The van der Waals surface area contributed by atoms with Gasteiger partial charge in [0.25, 0.3) is 5.91 Å². The number of ether oxygens (including phenoxy) is 2. The minimum absolute atomic E-state index is 0.0111. The maximum absolute atomic E-state index is 14.0. The van der Waals surface area contributed by atoms with Crippen LogP contribution in [-0.2, 0) is 19.1 Å². The summed E-state index contributed by atoms with van der Waals surface area (Å²) in [5.74, 6) is -11.9. The standard InChI is InChI=1S/C29H29F4N3O6S/c1-29(2,3)42-22(38)13-19(20(37)14-41-25-23(32)16(30)12-17(31)24(25)33)34-26(39)15-8-10-36(11-9-15)28(40)27-35-18-6-4-5-7-21(18)43-27/h4-7,12,15,19H,8-11,13-14H2,1-3H3,(H,34,39)/t19-/m0/s1. The lowest BCUT2D eigenvalue weighted by Gasteiger charge is -2.31. The van der Waals surface area contributed by atoms with Gasteiger partial charge < -0.3 is 19.7 Å². The van der Waals surface area contributed by atoms with Gasteiger partial charge in [0.2, 0.25) is 17.5 Å². The Bertz CT molecular complexity index is 1490. The number of rotatable bonds is 9. The van der Waals surface area contributed by atoms with E-state index in [0.717, 1.165) is 4.70 Å². The number of carbonyl (C=O) groups excluding carboxylic acids is 4. The maximum Gasteiger partial charge on any atom is 0.308 e. The molecule has 0 radical (unpaired) electrons. The molecule has 2 heterocycles. The van der Waals surface area contributed by atoms with E-state index in [1.165, 1.54) is 11.3 Å². The summed E-state index contributed by atoms with van der Waals surface area (Å²) in [6, 6.07) is 5.80. The number of carbonyl (C=O) groups is 4. The average Bonchev–Trinajstić information content (AvgIpc) is 3.39. The predicted octanol–water partition coefficient (Wildman–Crippen LogP) is 4.57. The zero-order chi connectivity index (χ0) is 31.5. The molecule has 4 rings (SSSR count). The molecule has 14 heteroatoms. The molecule has 1 atom stereocenters. The molecule has 0 saturated carbocycles. The zero-order valence-electron chi connectivity index (χ0n) is 23.5. The third kappa shape index (κ3) is 7.86. The van der Waals surface area contributed by atoms with Crippen molar-refractivity contribution in [2.75, 3.05) is 19.7 Å². The monoisotopic (exact) mass is 623 g/mol. The molecule has 0 bridgehead atoms. The Hall–Kier alpha value is -4.07. The quantitative estimate of drug-likeness (QED) is 0.211. The van der Waals surface area contributed by atoms with Gasteiger partial charge in [-0.05, 0) is 45.7 Å². The summed E-state index contributed by atoms with van der Waals surface area (Å²) in [4.78, 5) is 57.5. The van der Waals surface area contributed by atoms with E-state index in [1.54, 1.807) is 25.7 Å². The van der Waals surface area contributed by atoms with Crippen LogP contribution < -0.4 is 10.1 Å². The van der Waals surface area contributed by atoms with E-state index in [-0.39, 0.29) is 37.9 Å². The van der Waals surface area contributed by atoms with Crippen molar-refractivity contribution in [3.63, 3.8) is 0 Å². The Morgan fingerprint density at radius 3 is 2.28 bits per heavy atom. The second-order valence-electron chi connectivity index (χ2n) is 11.0. The summed E-state index contributed by atoms with van der Waals surface area (Å²) in [7, 11) is 0. The van der Waals surface area contributed by atoms with Gasteiger partial charge in [-0.1, -0.05) is 12.1 Å². The minimum atomic E-state index is -1.84. The van der Waals surface area contributed by atoms with E-state index in [1.807, 2.05) is 24.3 Å². The molecule has 2 amide bonds. The van der Waals surface area contributed by atoms with Gasteiger partial charge in [0.05, 0.1) is 16.6 Å². The van der Waals surface area contributed by atoms with Gasteiger partial charge >= 0.3 is 5.97 Å². The molecule has 2 aromatic carbocycles. The van der Waals surface area contributed by atoms with Gasteiger partial charge in [-0.15, -0.1) is 11.3 Å². The fourth-order valence-corrected chi connectivity index (χ4v) is 5.38. The predicted molar refractivity (Wildman–Crippen MR) is 147 cm³/mol. The highest BCUT2D eigenvalue weighted by Crippen LogP contribution is 2.27. The molecular weight excluding hydrogens is 594 g/mol. The lowest BCUT2D eigenvalue weighted by molar-refractivity contribution is -0.156. The van der Waals surface area contributed by atoms with Gasteiger partial charge in [0, 0.05) is 25.1 Å². The van der Waals surface area contributed by atoms with Crippen molar-refractivity contribution in [1.82, 2.24) is 15.2 Å². The molecule has 0 aliphatic carbocycles. The summed E-state index contributed by atoms with van der Waals surface area (Å²) in [5.41, 5.74) is -0.207. The highest BCUT2D eigenvalue weighted by Gasteiger charge is 2.33. The van der Waals surface area contributed by atoms with E-state index < -0.39 is 77.3 Å². The Morgan fingerprint density at radius 2 is 1.67 bits per heavy atom. The first-order chi connectivity index (χ1) is 20.2. The summed E-state index contributed by atoms with van der Waals surface area (Å²) >= 11 is 1.27. The number of nitrogens with zero attached hydrogens (tertiary/aromatic N) is 2. The summed E-state index contributed by atoms with van der Waals surface area (Å²) in [5, 5.41) is 2.80. The van der Waals surface area contributed by atoms with E-state index >= 15 is 0 Å². The lowest BCUT2D eigenvalue weighted by Crippen LogP contribution is -2.49. The highest BCUT2D eigenvalue weighted by atomic mass is 32.1. The fraction of sp³-hybridized carbons (Fsp3) is 0.414. The molecule has 1 aliphatic heterocycles. The van der Waals surface area contributed by atoms with Crippen LogP contribution in [-0.4, -0.2) is 64.8 Å². The number of Topliss-reactive ketones (excluding diaryl/α,β-unsaturated/α-hetero) is 1. The highest BCUT2D eigenvalue weighted by molar-refractivity contribution is 7.20. The molecule has 1 saturated heterocycles. The van der Waals surface area contributed by atoms with E-state index in [4.69, 9.17) is 9.47 Å². The van der Waals surface area contributed by atoms with Crippen LogP contribution in [0, 0.1) is 29.2 Å². The van der Waals surface area contributed by atoms with E-state index in [0.29, 0.717) is 10.5 Å². The Labute approximate surface area is 248 Å². The van der Waals surface area contributed by atoms with Crippen molar-refractivity contribution in [2.24, 2.45) is 5.92 Å². The second-order valence-corrected chi connectivity index (χ2v) is 12.0. The molecule has 1 N–H and O–H groups in total. The number of likely N-dealkylation sites (tertiary alicyclic amines) is 1. The first-order valence-electron chi connectivity index (χ1n) is 13.4. The number of aromatic nitrogens is 1. The molecule has 9 nitrogen and oxygen atoms in total. The van der Waals surface area contributed by atoms with Crippen molar-refractivity contribution in [1.29, 1.82) is 0 Å². The van der Waals surface area contributed by atoms with Crippen LogP contribution in [0.2, 0.25) is 0 Å². The number of esters is 1. The van der Waals surface area contributed by atoms with Crippen molar-refractivity contribution in [3.8, 4) is 5.75 Å². The summed E-state index contributed by atoms with van der Waals surface area (Å²) in [6.45, 7) is 4.15. The van der Waals surface area contributed by atoms with Crippen LogP contribution in [0.5, 0.6) is 5.75 Å². The molecule has 0 unspecified atom stereocenters. The number of benzene rings is 2. The molecule has 0 spiro atoms. The first-order valence-corrected chi connectivity index (χ1v) is 14.2. The van der Waals surface area contributed by atoms with Gasteiger partial charge in [-0.2, -0.15) is 8.78 Å². The van der Waals surface area contributed by atoms with Crippen molar-refractivity contribution < 1.29 is 46.2 Å². The second kappa shape index (κ2) is 13.1. The fourth-order valence-electron chi connectivity index (χ4n) is 4.45. The van der Waals surface area contributed by atoms with Crippen LogP contribution in [0.4, 0.5) is 17.6 Å². The third-order valence-corrected chi connectivity index (χ3v) is 7.58. The van der Waals surface area contributed by atoms with E-state index in [9.17, 15) is 36.7 Å². The van der Waals surface area contributed by atoms with Crippen molar-refractivity contribution >= 4 is 45.1 Å². The molecule has 230 valence electrons. The van der Waals surface area contributed by atoms with Crippen LogP contribution in [0.25, 0.3) is 10.2 Å². The van der Waals surface area contributed by atoms with Gasteiger partial charge in [0.15, 0.2) is 28.2 Å². The van der Waals surface area contributed by atoms with Gasteiger partial charge in [-0.25, -0.2) is 13.8 Å². The van der Waals surface area contributed by atoms with Crippen LogP contribution >= 0.6 is 11.3 Å². The largest absolute Gasteiger partial charge is 0.479 e. The van der Waals surface area contributed by atoms with Crippen LogP contribution in [0.1, 0.15) is 49.8 Å². The Kier molecular flexibility index (Phi) is 9.68. The molecule has 1 aromatic heterocycles. The first kappa shape index (κ1) is 31.9. The number of halogens is 4. The summed E-state index contributed by atoms with van der Waals surface area (Å²) < 4.78 is 65.9. The number of hydrogen-bond acceptors (Lipinski definition) is 8. The number of hydrogen-bond donors (Lipinski definition) is 1. The average molecular weight is 624 g/mol. The summed E-state index contributed by atoms with van der Waals surface area (Å²) in [6.07, 6.45) is -0.126. The number of ketones is 1. The molecule has 43 heavy (non-hydrogen) atoms. The molecule has 1 aliphatic rings. The molecule has 1 fully saturated rings. The number of thiazole rings is 1. The molecular formula is C29H29F4N3O6S. The van der Waals surface area contributed by atoms with Crippen LogP contribution in [0.15, 0.2) is 30.3 Å². The van der Waals surface area contributed by atoms with E-state index in [2.05, 4.69) is 10.3 Å².